The van der Waals surface area contributed by atoms with Crippen LogP contribution in [0.2, 0.25) is 5.02 Å². The number of aliphatic hydroxyl groups is 1. The summed E-state index contributed by atoms with van der Waals surface area (Å²) in [6, 6.07) is 3.74. The highest BCUT2D eigenvalue weighted by molar-refractivity contribution is 6.36. The largest absolute Gasteiger partial charge is 0.511 e. The van der Waals surface area contributed by atoms with E-state index < -0.39 is 0 Å². The van der Waals surface area contributed by atoms with Crippen molar-refractivity contribution < 1.29 is 14.7 Å². The van der Waals surface area contributed by atoms with Crippen LogP contribution in [0.4, 0.5) is 0 Å². The Kier molecular flexibility index (Phi) is 3.40. The zero-order chi connectivity index (χ0) is 15.3. The van der Waals surface area contributed by atoms with E-state index in [1.807, 2.05) is 19.9 Å². The number of benzene rings is 1. The summed E-state index contributed by atoms with van der Waals surface area (Å²) in [5.74, 6) is -0.533. The average molecular weight is 305 g/mol. The van der Waals surface area contributed by atoms with Gasteiger partial charge in [-0.25, -0.2) is 0 Å². The first kappa shape index (κ1) is 14.3. The lowest BCUT2D eigenvalue weighted by atomic mass is 9.79. The van der Waals surface area contributed by atoms with Gasteiger partial charge in [-0.2, -0.15) is 0 Å². The number of aryl methyl sites for hydroxylation is 2. The van der Waals surface area contributed by atoms with Crippen molar-refractivity contribution in [2.24, 2.45) is 11.8 Å². The van der Waals surface area contributed by atoms with E-state index >= 15 is 0 Å². The molecule has 0 radical (unpaired) electrons. The molecule has 1 N–H and O–H groups in total. The second-order valence-corrected chi connectivity index (χ2v) is 6.46. The summed E-state index contributed by atoms with van der Waals surface area (Å²) in [6.07, 6.45) is 1.21. The molecule has 4 heteroatoms. The van der Waals surface area contributed by atoms with Crippen LogP contribution in [0.25, 0.3) is 5.57 Å². The molecule has 1 aromatic carbocycles. The van der Waals surface area contributed by atoms with Crippen LogP contribution in [0.5, 0.6) is 0 Å². The van der Waals surface area contributed by atoms with Crippen LogP contribution in [-0.4, -0.2) is 16.7 Å². The minimum absolute atomic E-state index is 0.0481. The highest BCUT2D eigenvalue weighted by Gasteiger charge is 2.46. The first-order valence-corrected chi connectivity index (χ1v) is 7.54. The second kappa shape index (κ2) is 4.99. The van der Waals surface area contributed by atoms with Gasteiger partial charge in [0.2, 0.25) is 0 Å². The van der Waals surface area contributed by atoms with Gasteiger partial charge in [0.05, 0.1) is 5.57 Å². The molecule has 21 heavy (non-hydrogen) atoms. The topological polar surface area (TPSA) is 54.4 Å². The van der Waals surface area contributed by atoms with Crippen molar-refractivity contribution in [2.75, 3.05) is 0 Å². The maximum atomic E-state index is 12.7. The summed E-state index contributed by atoms with van der Waals surface area (Å²) in [4.78, 5) is 24.3. The van der Waals surface area contributed by atoms with Gasteiger partial charge in [0.25, 0.3) is 0 Å². The molecule has 0 bridgehead atoms. The number of rotatable bonds is 1. The van der Waals surface area contributed by atoms with Crippen molar-refractivity contribution in [3.63, 3.8) is 0 Å². The Hall–Kier alpha value is -1.61. The first-order valence-electron chi connectivity index (χ1n) is 7.16. The molecular formula is C17H17ClO3. The zero-order valence-electron chi connectivity index (χ0n) is 12.1. The Morgan fingerprint density at radius 1 is 1.19 bits per heavy atom. The highest BCUT2D eigenvalue weighted by Crippen LogP contribution is 2.46. The van der Waals surface area contributed by atoms with Crippen LogP contribution in [0.15, 0.2) is 17.9 Å². The van der Waals surface area contributed by atoms with E-state index in [0.29, 0.717) is 29.0 Å². The summed E-state index contributed by atoms with van der Waals surface area (Å²) >= 11 is 6.31. The predicted molar refractivity (Wildman–Crippen MR) is 81.3 cm³/mol. The molecule has 2 aliphatic rings. The molecular weight excluding hydrogens is 288 g/mol. The highest BCUT2D eigenvalue weighted by atomic mass is 35.5. The Morgan fingerprint density at radius 2 is 1.90 bits per heavy atom. The molecule has 2 unspecified atom stereocenters. The molecule has 3 rings (SSSR count). The van der Waals surface area contributed by atoms with Crippen molar-refractivity contribution in [1.82, 2.24) is 0 Å². The Balaban J connectivity index is 2.14. The minimum Gasteiger partial charge on any atom is -0.511 e. The molecule has 2 aliphatic carbocycles. The van der Waals surface area contributed by atoms with E-state index in [2.05, 4.69) is 0 Å². The predicted octanol–water partition coefficient (Wildman–Crippen LogP) is 3.79. The second-order valence-electron chi connectivity index (χ2n) is 6.06. The van der Waals surface area contributed by atoms with E-state index in [-0.39, 0.29) is 35.6 Å². The number of ketones is 2. The van der Waals surface area contributed by atoms with Gasteiger partial charge in [0.15, 0.2) is 5.78 Å². The number of allylic oxidation sites excluding steroid dienone is 2. The van der Waals surface area contributed by atoms with Crippen LogP contribution in [0.1, 0.15) is 36.0 Å². The van der Waals surface area contributed by atoms with Gasteiger partial charge in [0, 0.05) is 35.3 Å². The summed E-state index contributed by atoms with van der Waals surface area (Å²) in [7, 11) is 0. The summed E-state index contributed by atoms with van der Waals surface area (Å²) in [5, 5.41) is 11.0. The SMILES string of the molecule is Cc1cc(C)c(C2=C(O)C3CC(=O)CCC3C2=O)c(Cl)c1. The van der Waals surface area contributed by atoms with Crippen molar-refractivity contribution in [1.29, 1.82) is 0 Å². The van der Waals surface area contributed by atoms with Gasteiger partial charge in [0.1, 0.15) is 11.5 Å². The van der Waals surface area contributed by atoms with E-state index in [1.165, 1.54) is 0 Å². The summed E-state index contributed by atoms with van der Waals surface area (Å²) < 4.78 is 0. The van der Waals surface area contributed by atoms with Gasteiger partial charge >= 0.3 is 0 Å². The standard InChI is InChI=1S/C17H17ClO3/c1-8-5-9(2)14(13(18)6-8)15-16(20)11-4-3-10(19)7-12(11)17(15)21/h5-6,11-12,21H,3-4,7H2,1-2H3. The number of Topliss-reactive ketones (excluding diaryl/α,β-unsaturated/α-hetero) is 2. The number of carbonyl (C=O) groups excluding carboxylic acids is 2. The number of fused-ring (bicyclic) bond motifs is 1. The zero-order valence-corrected chi connectivity index (χ0v) is 12.8. The van der Waals surface area contributed by atoms with Crippen LogP contribution < -0.4 is 0 Å². The van der Waals surface area contributed by atoms with Crippen molar-refractivity contribution in [3.8, 4) is 0 Å². The van der Waals surface area contributed by atoms with Gasteiger partial charge < -0.3 is 5.11 Å². The molecule has 2 atom stereocenters. The van der Waals surface area contributed by atoms with E-state index in [0.717, 1.165) is 11.1 Å². The lowest BCUT2D eigenvalue weighted by Gasteiger charge is -2.22. The van der Waals surface area contributed by atoms with Crippen LogP contribution in [0.3, 0.4) is 0 Å². The monoisotopic (exact) mass is 304 g/mol. The Labute approximate surface area is 128 Å². The third-order valence-corrected chi connectivity index (χ3v) is 4.84. The quantitative estimate of drug-likeness (QED) is 0.858. The average Bonchev–Trinajstić information content (AvgIpc) is 2.62. The fraction of sp³-hybridized carbons (Fsp3) is 0.412. The number of aliphatic hydroxyl groups excluding tert-OH is 1. The number of hydrogen-bond donors (Lipinski definition) is 1. The fourth-order valence-electron chi connectivity index (χ4n) is 3.59. The molecule has 110 valence electrons. The molecule has 1 saturated carbocycles. The molecule has 0 aromatic heterocycles. The maximum absolute atomic E-state index is 12.7. The number of halogens is 1. The fourth-order valence-corrected chi connectivity index (χ4v) is 4.00. The third-order valence-electron chi connectivity index (χ3n) is 4.54. The molecule has 0 spiro atoms. The molecule has 1 aromatic rings. The minimum atomic E-state index is -0.356. The molecule has 0 heterocycles. The summed E-state index contributed by atoms with van der Waals surface area (Å²) in [6.45, 7) is 3.82. The summed E-state index contributed by atoms with van der Waals surface area (Å²) in [5.41, 5.74) is 2.83. The third kappa shape index (κ3) is 2.20. The molecule has 0 saturated heterocycles. The lowest BCUT2D eigenvalue weighted by Crippen LogP contribution is -2.26. The number of hydrogen-bond acceptors (Lipinski definition) is 3. The van der Waals surface area contributed by atoms with Crippen molar-refractivity contribution in [2.45, 2.75) is 33.1 Å². The van der Waals surface area contributed by atoms with Crippen LogP contribution in [0, 0.1) is 25.7 Å². The first-order chi connectivity index (χ1) is 9.90. The van der Waals surface area contributed by atoms with Gasteiger partial charge in [-0.1, -0.05) is 17.7 Å². The van der Waals surface area contributed by atoms with Crippen LogP contribution >= 0.6 is 11.6 Å². The van der Waals surface area contributed by atoms with Crippen LogP contribution in [-0.2, 0) is 9.59 Å². The molecule has 0 amide bonds. The Bertz CT molecular complexity index is 664. The smallest absolute Gasteiger partial charge is 0.170 e. The van der Waals surface area contributed by atoms with Crippen molar-refractivity contribution >= 4 is 28.7 Å². The normalized spacial score (nSPS) is 25.5. The lowest BCUT2D eigenvalue weighted by molar-refractivity contribution is -0.125. The van der Waals surface area contributed by atoms with Gasteiger partial charge in [-0.05, 0) is 37.5 Å². The van der Waals surface area contributed by atoms with Crippen molar-refractivity contribution in [3.05, 3.63) is 39.6 Å². The maximum Gasteiger partial charge on any atom is 0.170 e. The molecule has 1 fully saturated rings. The van der Waals surface area contributed by atoms with Gasteiger partial charge in [-0.15, -0.1) is 0 Å². The molecule has 0 aliphatic heterocycles. The number of carbonyl (C=O) groups is 2. The van der Waals surface area contributed by atoms with E-state index in [9.17, 15) is 14.7 Å². The Morgan fingerprint density at radius 3 is 2.57 bits per heavy atom. The molecule has 3 nitrogen and oxygen atoms in total. The van der Waals surface area contributed by atoms with Gasteiger partial charge in [-0.3, -0.25) is 9.59 Å². The van der Waals surface area contributed by atoms with E-state index in [4.69, 9.17) is 11.6 Å². The van der Waals surface area contributed by atoms with E-state index in [1.54, 1.807) is 6.07 Å².